The molecule has 0 fully saturated rings. The second kappa shape index (κ2) is 10.7. The number of nitrogens with one attached hydrogen (secondary N) is 3. The molecule has 0 bridgehead atoms. The van der Waals surface area contributed by atoms with Crippen LogP contribution in [-0.4, -0.2) is 30.1 Å². The first-order valence-corrected chi connectivity index (χ1v) is 8.93. The molecular formula is C20H21N3O4S. The van der Waals surface area contributed by atoms with E-state index < -0.39 is 11.8 Å². The maximum Gasteiger partial charge on any atom is 0.273 e. The van der Waals surface area contributed by atoms with Gasteiger partial charge in [0.2, 0.25) is 0 Å². The fourth-order valence-corrected chi connectivity index (χ4v) is 2.33. The van der Waals surface area contributed by atoms with Gasteiger partial charge in [-0.25, -0.2) is 0 Å². The number of carbonyl (C=O) groups is 2. The minimum absolute atomic E-state index is 0.0447. The maximum atomic E-state index is 12.3. The number of rotatable bonds is 7. The van der Waals surface area contributed by atoms with Gasteiger partial charge in [0.15, 0.2) is 5.11 Å². The molecule has 28 heavy (non-hydrogen) atoms. The highest BCUT2D eigenvalue weighted by atomic mass is 32.1. The van der Waals surface area contributed by atoms with E-state index in [9.17, 15) is 9.59 Å². The molecule has 2 rings (SSSR count). The minimum atomic E-state index is -0.461. The zero-order valence-electron chi connectivity index (χ0n) is 15.4. The highest BCUT2D eigenvalue weighted by Crippen LogP contribution is 2.17. The summed E-state index contributed by atoms with van der Waals surface area (Å²) in [5.41, 5.74) is 5.65. The average Bonchev–Trinajstić information content (AvgIpc) is 2.71. The van der Waals surface area contributed by atoms with Crippen LogP contribution < -0.4 is 25.6 Å². The number of para-hydroxylation sites is 1. The van der Waals surface area contributed by atoms with E-state index in [-0.39, 0.29) is 11.7 Å². The summed E-state index contributed by atoms with van der Waals surface area (Å²) in [5.74, 6) is 0.206. The van der Waals surface area contributed by atoms with Gasteiger partial charge in [-0.15, -0.1) is 0 Å². The zero-order chi connectivity index (χ0) is 20.4. The van der Waals surface area contributed by atoms with Gasteiger partial charge < -0.3 is 9.47 Å². The Kier molecular flexibility index (Phi) is 7.98. The lowest BCUT2D eigenvalue weighted by Crippen LogP contribution is -2.48. The minimum Gasteiger partial charge on any atom is -0.494 e. The Morgan fingerprint density at radius 3 is 2.43 bits per heavy atom. The molecule has 2 amide bonds. The van der Waals surface area contributed by atoms with Crippen LogP contribution in [0.5, 0.6) is 11.5 Å². The third-order valence-electron chi connectivity index (χ3n) is 3.43. The molecule has 0 spiro atoms. The molecule has 2 aromatic rings. The standard InChI is InChI=1S/C20H21N3O4S/c1-3-13-27-17-8-6-5-7-16(17)19(25)22-23-20(28)21-18(24)14-9-11-15(12-10-14)26-4-2/h3,5-12H,1,4,13H2,2H3,(H,22,25)(H2,21,23,24,28). The molecule has 146 valence electrons. The number of hydrogen-bond donors (Lipinski definition) is 3. The smallest absolute Gasteiger partial charge is 0.273 e. The van der Waals surface area contributed by atoms with Crippen molar-refractivity contribution in [3.63, 3.8) is 0 Å². The Morgan fingerprint density at radius 1 is 1.04 bits per heavy atom. The molecule has 0 aliphatic heterocycles. The first-order chi connectivity index (χ1) is 13.5. The molecule has 2 aromatic carbocycles. The van der Waals surface area contributed by atoms with E-state index in [1.807, 2.05) is 6.92 Å². The third-order valence-corrected chi connectivity index (χ3v) is 3.64. The van der Waals surface area contributed by atoms with Crippen molar-refractivity contribution in [3.8, 4) is 11.5 Å². The molecule has 0 saturated carbocycles. The summed E-state index contributed by atoms with van der Waals surface area (Å²) in [5, 5.41) is 2.44. The van der Waals surface area contributed by atoms with Crippen molar-refractivity contribution in [1.82, 2.24) is 16.2 Å². The van der Waals surface area contributed by atoms with Crippen molar-refractivity contribution in [2.45, 2.75) is 6.92 Å². The molecule has 7 nitrogen and oxygen atoms in total. The van der Waals surface area contributed by atoms with E-state index in [4.69, 9.17) is 21.7 Å². The Morgan fingerprint density at radius 2 is 1.75 bits per heavy atom. The monoisotopic (exact) mass is 399 g/mol. The van der Waals surface area contributed by atoms with Crippen molar-refractivity contribution in [1.29, 1.82) is 0 Å². The van der Waals surface area contributed by atoms with E-state index >= 15 is 0 Å². The van der Waals surface area contributed by atoms with Crippen molar-refractivity contribution in [2.75, 3.05) is 13.2 Å². The van der Waals surface area contributed by atoms with Gasteiger partial charge in [-0.2, -0.15) is 0 Å². The lowest BCUT2D eigenvalue weighted by Gasteiger charge is -2.13. The first-order valence-electron chi connectivity index (χ1n) is 8.52. The predicted molar refractivity (Wildman–Crippen MR) is 110 cm³/mol. The van der Waals surface area contributed by atoms with Crippen molar-refractivity contribution in [3.05, 3.63) is 72.3 Å². The quantitative estimate of drug-likeness (QED) is 0.377. The topological polar surface area (TPSA) is 88.7 Å². The lowest BCUT2D eigenvalue weighted by molar-refractivity contribution is 0.0931. The van der Waals surface area contributed by atoms with Crippen LogP contribution in [-0.2, 0) is 0 Å². The molecule has 0 aliphatic carbocycles. The van der Waals surface area contributed by atoms with Crippen LogP contribution in [0.4, 0.5) is 0 Å². The van der Waals surface area contributed by atoms with Crippen molar-refractivity contribution in [2.24, 2.45) is 0 Å². The SMILES string of the molecule is C=CCOc1ccccc1C(=O)NNC(=S)NC(=O)c1ccc(OCC)cc1. The molecule has 0 unspecified atom stereocenters. The summed E-state index contributed by atoms with van der Waals surface area (Å²) in [6, 6.07) is 13.4. The van der Waals surface area contributed by atoms with Gasteiger partial charge in [-0.05, 0) is 55.5 Å². The number of ether oxygens (including phenoxy) is 2. The van der Waals surface area contributed by atoms with Crippen LogP contribution in [0.25, 0.3) is 0 Å². The normalized spacial score (nSPS) is 9.75. The van der Waals surface area contributed by atoms with Crippen molar-refractivity contribution >= 4 is 29.1 Å². The van der Waals surface area contributed by atoms with Gasteiger partial charge in [0.05, 0.1) is 12.2 Å². The molecule has 3 N–H and O–H groups in total. The Hall–Kier alpha value is -3.39. The van der Waals surface area contributed by atoms with Crippen LogP contribution in [0.2, 0.25) is 0 Å². The largest absolute Gasteiger partial charge is 0.494 e. The van der Waals surface area contributed by atoms with Gasteiger partial charge in [0, 0.05) is 5.56 Å². The van der Waals surface area contributed by atoms with Crippen molar-refractivity contribution < 1.29 is 19.1 Å². The summed E-state index contributed by atoms with van der Waals surface area (Å²) >= 11 is 5.04. The Labute approximate surface area is 168 Å². The fourth-order valence-electron chi connectivity index (χ4n) is 2.19. The molecule has 8 heteroatoms. The number of hydrazine groups is 1. The molecular weight excluding hydrogens is 378 g/mol. The maximum absolute atomic E-state index is 12.3. The van der Waals surface area contributed by atoms with Crippen LogP contribution in [0.15, 0.2) is 61.2 Å². The van der Waals surface area contributed by atoms with Crippen LogP contribution >= 0.6 is 12.2 Å². The number of carbonyl (C=O) groups excluding carboxylic acids is 2. The first kappa shape index (κ1) is 20.9. The van der Waals surface area contributed by atoms with Crippen LogP contribution in [0, 0.1) is 0 Å². The molecule has 0 aliphatic rings. The summed E-state index contributed by atoms with van der Waals surface area (Å²) < 4.78 is 10.8. The highest BCUT2D eigenvalue weighted by molar-refractivity contribution is 7.80. The zero-order valence-corrected chi connectivity index (χ0v) is 16.2. The number of benzene rings is 2. The van der Waals surface area contributed by atoms with Gasteiger partial charge in [-0.1, -0.05) is 24.8 Å². The average molecular weight is 399 g/mol. The van der Waals surface area contributed by atoms with Gasteiger partial charge in [-0.3, -0.25) is 25.8 Å². The number of thiocarbonyl (C=S) groups is 1. The third kappa shape index (κ3) is 6.10. The molecule has 0 radical (unpaired) electrons. The predicted octanol–water partition coefficient (Wildman–Crippen LogP) is 2.60. The molecule has 0 aromatic heterocycles. The lowest BCUT2D eigenvalue weighted by atomic mass is 10.2. The van der Waals surface area contributed by atoms with Crippen LogP contribution in [0.3, 0.4) is 0 Å². The second-order valence-corrected chi connectivity index (χ2v) is 5.82. The van der Waals surface area contributed by atoms with E-state index in [2.05, 4.69) is 22.7 Å². The van der Waals surface area contributed by atoms with E-state index in [1.54, 1.807) is 54.6 Å². The Bertz CT molecular complexity index is 853. The highest BCUT2D eigenvalue weighted by Gasteiger charge is 2.13. The van der Waals surface area contributed by atoms with Gasteiger partial charge in [0.25, 0.3) is 11.8 Å². The summed E-state index contributed by atoms with van der Waals surface area (Å²) in [6.07, 6.45) is 1.58. The van der Waals surface area contributed by atoms with E-state index in [0.29, 0.717) is 29.2 Å². The van der Waals surface area contributed by atoms with E-state index in [1.165, 1.54) is 0 Å². The number of amides is 2. The summed E-state index contributed by atoms with van der Waals surface area (Å²) in [6.45, 7) is 6.27. The molecule has 0 saturated heterocycles. The number of hydrogen-bond acceptors (Lipinski definition) is 5. The second-order valence-electron chi connectivity index (χ2n) is 5.42. The summed E-state index contributed by atoms with van der Waals surface area (Å²) in [4.78, 5) is 24.5. The Balaban J connectivity index is 1.89. The van der Waals surface area contributed by atoms with E-state index in [0.717, 1.165) is 0 Å². The molecule has 0 heterocycles. The fraction of sp³-hybridized carbons (Fsp3) is 0.150. The van der Waals surface area contributed by atoms with Crippen LogP contribution in [0.1, 0.15) is 27.6 Å². The summed E-state index contributed by atoms with van der Waals surface area (Å²) in [7, 11) is 0. The van der Waals surface area contributed by atoms with Gasteiger partial charge >= 0.3 is 0 Å². The van der Waals surface area contributed by atoms with Gasteiger partial charge in [0.1, 0.15) is 18.1 Å². The molecule has 0 atom stereocenters.